The number of ether oxygens (including phenoxy) is 2. The number of halogens is 2. The fraction of sp³-hybridized carbons (Fsp3) is 0.100. The predicted octanol–water partition coefficient (Wildman–Crippen LogP) is 2.97. The minimum Gasteiger partial charge on any atom is -1.00 e. The summed E-state index contributed by atoms with van der Waals surface area (Å²) in [7, 11) is 3.30. The van der Waals surface area contributed by atoms with Crippen LogP contribution in [0.1, 0.15) is 5.56 Å². The molecule has 0 spiro atoms. The summed E-state index contributed by atoms with van der Waals surface area (Å²) in [6.07, 6.45) is 5.82. The zero-order valence-corrected chi connectivity index (χ0v) is 21.2. The molecular formula is C30H25ClFN3O2. The van der Waals surface area contributed by atoms with Crippen molar-refractivity contribution in [3.05, 3.63) is 115 Å². The van der Waals surface area contributed by atoms with Gasteiger partial charge in [0.25, 0.3) is 0 Å². The number of benzene rings is 3. The fourth-order valence-electron chi connectivity index (χ4n) is 3.98. The molecule has 3 aromatic carbocycles. The Morgan fingerprint density at radius 1 is 0.703 bits per heavy atom. The summed E-state index contributed by atoms with van der Waals surface area (Å²) in [4.78, 5) is 9.67. The van der Waals surface area contributed by atoms with Crippen molar-refractivity contribution in [3.63, 3.8) is 0 Å². The lowest BCUT2D eigenvalue weighted by molar-refractivity contribution is -0.688. The summed E-state index contributed by atoms with van der Waals surface area (Å²) in [5.41, 5.74) is 5.65. The molecule has 0 aliphatic heterocycles. The minimum atomic E-state index is -0.234. The van der Waals surface area contributed by atoms with Gasteiger partial charge in [-0.15, -0.1) is 0 Å². The Balaban J connectivity index is 0.00000320. The molecule has 0 aliphatic carbocycles. The number of hydrogen-bond acceptors (Lipinski definition) is 4. The third-order valence-electron chi connectivity index (χ3n) is 5.98. The largest absolute Gasteiger partial charge is 1.00 e. The highest BCUT2D eigenvalue weighted by atomic mass is 35.5. The van der Waals surface area contributed by atoms with E-state index in [9.17, 15) is 4.39 Å². The Morgan fingerprint density at radius 2 is 1.27 bits per heavy atom. The third-order valence-corrected chi connectivity index (χ3v) is 5.98. The van der Waals surface area contributed by atoms with Crippen LogP contribution in [0.4, 0.5) is 4.39 Å². The van der Waals surface area contributed by atoms with Crippen molar-refractivity contribution >= 4 is 0 Å². The van der Waals surface area contributed by atoms with E-state index in [-0.39, 0.29) is 18.2 Å². The van der Waals surface area contributed by atoms with E-state index in [1.807, 2.05) is 83.8 Å². The molecule has 0 N–H and O–H groups in total. The van der Waals surface area contributed by atoms with Crippen LogP contribution in [0, 0.1) is 5.82 Å². The molecule has 0 saturated heterocycles. The van der Waals surface area contributed by atoms with E-state index in [4.69, 9.17) is 19.4 Å². The number of methoxy groups -OCH3 is 2. The van der Waals surface area contributed by atoms with Crippen molar-refractivity contribution < 1.29 is 30.8 Å². The van der Waals surface area contributed by atoms with Gasteiger partial charge in [0, 0.05) is 40.6 Å². The molecule has 0 bridgehead atoms. The average molecular weight is 514 g/mol. The Morgan fingerprint density at radius 3 is 1.84 bits per heavy atom. The maximum atomic E-state index is 13.2. The molecule has 0 unspecified atom stereocenters. The van der Waals surface area contributed by atoms with E-state index in [2.05, 4.69) is 0 Å². The SMILES string of the molecule is COc1ccc(-c2cnc(-c3cc[n+](Cc4ccc(F)cc4)cc3)nc2-c2ccc(OC)cc2)cc1.[Cl-]. The molecule has 0 radical (unpaired) electrons. The van der Waals surface area contributed by atoms with Crippen LogP contribution in [0.5, 0.6) is 11.5 Å². The molecule has 0 atom stereocenters. The van der Waals surface area contributed by atoms with Gasteiger partial charge in [0.1, 0.15) is 17.3 Å². The van der Waals surface area contributed by atoms with Crippen LogP contribution in [0.3, 0.4) is 0 Å². The highest BCUT2D eigenvalue weighted by Crippen LogP contribution is 2.33. The van der Waals surface area contributed by atoms with Crippen molar-refractivity contribution in [2.24, 2.45) is 0 Å². The topological polar surface area (TPSA) is 48.1 Å². The lowest BCUT2D eigenvalue weighted by atomic mass is 10.00. The van der Waals surface area contributed by atoms with Crippen LogP contribution in [-0.2, 0) is 6.54 Å². The Hall–Kier alpha value is -4.29. The maximum absolute atomic E-state index is 13.2. The van der Waals surface area contributed by atoms with Crippen molar-refractivity contribution in [1.82, 2.24) is 9.97 Å². The van der Waals surface area contributed by atoms with Gasteiger partial charge in [-0.2, -0.15) is 0 Å². The first-order valence-electron chi connectivity index (χ1n) is 11.5. The van der Waals surface area contributed by atoms with Gasteiger partial charge in [-0.1, -0.05) is 12.1 Å². The smallest absolute Gasteiger partial charge is 0.173 e. The lowest BCUT2D eigenvalue weighted by Gasteiger charge is -2.12. The summed E-state index contributed by atoms with van der Waals surface area (Å²) in [5.74, 6) is 1.97. The van der Waals surface area contributed by atoms with E-state index in [1.165, 1.54) is 12.1 Å². The van der Waals surface area contributed by atoms with Crippen LogP contribution in [0.25, 0.3) is 33.8 Å². The van der Waals surface area contributed by atoms with Crippen molar-refractivity contribution in [3.8, 4) is 45.3 Å². The molecule has 5 nitrogen and oxygen atoms in total. The van der Waals surface area contributed by atoms with E-state index in [0.29, 0.717) is 12.4 Å². The van der Waals surface area contributed by atoms with Gasteiger partial charge in [-0.25, -0.2) is 18.9 Å². The second-order valence-corrected chi connectivity index (χ2v) is 8.30. The normalized spacial score (nSPS) is 10.5. The summed E-state index contributed by atoms with van der Waals surface area (Å²) >= 11 is 0. The predicted molar refractivity (Wildman–Crippen MR) is 137 cm³/mol. The quantitative estimate of drug-likeness (QED) is 0.314. The monoisotopic (exact) mass is 513 g/mol. The number of pyridine rings is 1. The summed E-state index contributed by atoms with van der Waals surface area (Å²) < 4.78 is 25.9. The summed E-state index contributed by atoms with van der Waals surface area (Å²) in [6, 6.07) is 26.2. The van der Waals surface area contributed by atoms with E-state index in [1.54, 1.807) is 26.4 Å². The molecule has 2 aromatic heterocycles. The van der Waals surface area contributed by atoms with Gasteiger partial charge in [-0.05, 0) is 66.2 Å². The summed E-state index contributed by atoms with van der Waals surface area (Å²) in [6.45, 7) is 0.648. The standard InChI is InChI=1S/C30H25FN3O2.ClH/c1-35-26-11-5-22(6-12-26)28-19-32-30(33-29(28)23-7-13-27(36-2)14-8-23)24-15-17-34(18-16-24)20-21-3-9-25(31)10-4-21;/h3-19H,20H2,1-2H3;1H/q+1;/p-1. The molecule has 7 heteroatoms. The molecule has 2 heterocycles. The molecule has 0 fully saturated rings. The minimum absolute atomic E-state index is 0. The highest BCUT2D eigenvalue weighted by Gasteiger charge is 2.14. The van der Waals surface area contributed by atoms with Gasteiger partial charge in [-0.3, -0.25) is 0 Å². The fourth-order valence-corrected chi connectivity index (χ4v) is 3.98. The van der Waals surface area contributed by atoms with Gasteiger partial charge < -0.3 is 21.9 Å². The van der Waals surface area contributed by atoms with Crippen molar-refractivity contribution in [1.29, 1.82) is 0 Å². The molecule has 5 rings (SSSR count). The molecule has 0 aliphatic rings. The second kappa shape index (κ2) is 11.6. The molecule has 37 heavy (non-hydrogen) atoms. The van der Waals surface area contributed by atoms with Crippen LogP contribution < -0.4 is 26.4 Å². The Bertz CT molecular complexity index is 1460. The second-order valence-electron chi connectivity index (χ2n) is 8.30. The summed E-state index contributed by atoms with van der Waals surface area (Å²) in [5, 5.41) is 0. The van der Waals surface area contributed by atoms with Crippen LogP contribution in [0.2, 0.25) is 0 Å². The van der Waals surface area contributed by atoms with E-state index < -0.39 is 0 Å². The Labute approximate surface area is 221 Å². The van der Waals surface area contributed by atoms with Gasteiger partial charge in [0.05, 0.1) is 19.9 Å². The number of hydrogen-bond donors (Lipinski definition) is 0. The van der Waals surface area contributed by atoms with E-state index in [0.717, 1.165) is 45.0 Å². The first kappa shape index (κ1) is 25.8. The number of rotatable bonds is 7. The third kappa shape index (κ3) is 5.93. The molecule has 186 valence electrons. The maximum Gasteiger partial charge on any atom is 0.173 e. The Kier molecular flexibility index (Phi) is 8.11. The molecule has 5 aromatic rings. The lowest BCUT2D eigenvalue weighted by Crippen LogP contribution is -3.00. The van der Waals surface area contributed by atoms with Gasteiger partial charge >= 0.3 is 0 Å². The molecule has 0 saturated carbocycles. The zero-order valence-electron chi connectivity index (χ0n) is 20.4. The van der Waals surface area contributed by atoms with Crippen LogP contribution in [-0.4, -0.2) is 24.2 Å². The first-order chi connectivity index (χ1) is 17.6. The molecular weight excluding hydrogens is 489 g/mol. The van der Waals surface area contributed by atoms with Gasteiger partial charge in [0.15, 0.2) is 24.8 Å². The number of aromatic nitrogens is 3. The molecule has 0 amide bonds. The van der Waals surface area contributed by atoms with Crippen LogP contribution >= 0.6 is 0 Å². The number of nitrogens with zero attached hydrogens (tertiary/aromatic N) is 3. The first-order valence-corrected chi connectivity index (χ1v) is 11.5. The highest BCUT2D eigenvalue weighted by molar-refractivity contribution is 5.81. The van der Waals surface area contributed by atoms with Gasteiger partial charge in [0.2, 0.25) is 0 Å². The van der Waals surface area contributed by atoms with Crippen LogP contribution in [0.15, 0.2) is 104 Å². The van der Waals surface area contributed by atoms with E-state index >= 15 is 0 Å². The van der Waals surface area contributed by atoms with Crippen molar-refractivity contribution in [2.75, 3.05) is 14.2 Å². The van der Waals surface area contributed by atoms with Crippen molar-refractivity contribution in [2.45, 2.75) is 6.54 Å². The zero-order chi connectivity index (χ0) is 24.9. The average Bonchev–Trinajstić information content (AvgIpc) is 2.94.